The van der Waals surface area contributed by atoms with Crippen molar-refractivity contribution in [3.63, 3.8) is 0 Å². The van der Waals surface area contributed by atoms with Crippen molar-refractivity contribution in [2.24, 2.45) is 0 Å². The zero-order valence-electron chi connectivity index (χ0n) is 20.5. The third kappa shape index (κ3) is 9.56. The van der Waals surface area contributed by atoms with E-state index in [1.807, 2.05) is 18.2 Å². The maximum atomic E-state index is 13.7. The van der Waals surface area contributed by atoms with Crippen LogP contribution < -0.4 is 15.4 Å². The Balaban J connectivity index is 1.66. The van der Waals surface area contributed by atoms with E-state index in [0.717, 1.165) is 36.4 Å². The summed E-state index contributed by atoms with van der Waals surface area (Å²) in [5.41, 5.74) is 2.47. The predicted molar refractivity (Wildman–Crippen MR) is 134 cm³/mol. The first-order valence-corrected chi connectivity index (χ1v) is 13.5. The Bertz CT molecular complexity index is 1300. The number of hydrogen-bond donors (Lipinski definition) is 4. The van der Waals surface area contributed by atoms with E-state index < -0.39 is 39.7 Å². The molecule has 200 valence electrons. The number of hydrogen-bond acceptors (Lipinski definition) is 7. The summed E-state index contributed by atoms with van der Waals surface area (Å²) in [5, 5.41) is 20.2. The van der Waals surface area contributed by atoms with Crippen LogP contribution in [0.25, 0.3) is 0 Å². The number of sulfonamides is 1. The fraction of sp³-hybridized carbons (Fsp3) is 0.360. The van der Waals surface area contributed by atoms with Gasteiger partial charge in [-0.2, -0.15) is 0 Å². The van der Waals surface area contributed by atoms with Gasteiger partial charge in [0.05, 0.1) is 24.8 Å². The van der Waals surface area contributed by atoms with Crippen LogP contribution in [0.3, 0.4) is 0 Å². The molecule has 37 heavy (non-hydrogen) atoms. The van der Waals surface area contributed by atoms with Gasteiger partial charge in [0.2, 0.25) is 15.9 Å². The highest BCUT2D eigenvalue weighted by Crippen LogP contribution is 2.14. The van der Waals surface area contributed by atoms with Gasteiger partial charge in [0.25, 0.3) is 0 Å². The van der Waals surface area contributed by atoms with E-state index in [2.05, 4.69) is 33.5 Å². The molecule has 1 heterocycles. The Hall–Kier alpha value is -3.35. The number of anilines is 1. The molecule has 0 unspecified atom stereocenters. The summed E-state index contributed by atoms with van der Waals surface area (Å²) in [6.07, 6.45) is 0.416. The fourth-order valence-corrected chi connectivity index (χ4v) is 4.26. The van der Waals surface area contributed by atoms with Crippen LogP contribution in [0.4, 0.5) is 14.6 Å². The van der Waals surface area contributed by atoms with Gasteiger partial charge in [-0.05, 0) is 41.7 Å². The first-order chi connectivity index (χ1) is 17.5. The molecule has 0 aliphatic carbocycles. The quantitative estimate of drug-likeness (QED) is 0.263. The van der Waals surface area contributed by atoms with E-state index in [4.69, 9.17) is 4.52 Å². The van der Waals surface area contributed by atoms with Gasteiger partial charge in [0.15, 0.2) is 5.82 Å². The van der Waals surface area contributed by atoms with Crippen LogP contribution in [-0.2, 0) is 40.6 Å². The largest absolute Gasteiger partial charge is 0.390 e. The lowest BCUT2D eigenvalue weighted by atomic mass is 10.00. The SMILES string of the molecule is CCc1cccc(CNC[C@@H](O)[C@H](Cc2cc(F)cc(F)c2)NC(=O)Cc2cc(NS(C)(=O)=O)no2)c1. The van der Waals surface area contributed by atoms with Crippen molar-refractivity contribution in [1.82, 2.24) is 15.8 Å². The summed E-state index contributed by atoms with van der Waals surface area (Å²) >= 11 is 0. The Morgan fingerprint density at radius 1 is 1.08 bits per heavy atom. The van der Waals surface area contributed by atoms with Crippen LogP contribution in [0.2, 0.25) is 0 Å². The molecule has 9 nitrogen and oxygen atoms in total. The Morgan fingerprint density at radius 2 is 1.78 bits per heavy atom. The van der Waals surface area contributed by atoms with Crippen LogP contribution >= 0.6 is 0 Å². The zero-order chi connectivity index (χ0) is 27.0. The highest BCUT2D eigenvalue weighted by Gasteiger charge is 2.23. The lowest BCUT2D eigenvalue weighted by Crippen LogP contribution is -2.49. The number of carbonyl (C=O) groups is 1. The molecular formula is C25H30F2N4O5S. The molecule has 0 aliphatic rings. The van der Waals surface area contributed by atoms with E-state index in [1.54, 1.807) is 0 Å². The molecule has 0 aliphatic heterocycles. The van der Waals surface area contributed by atoms with Crippen molar-refractivity contribution < 1.29 is 31.6 Å². The number of carbonyl (C=O) groups excluding carboxylic acids is 1. The predicted octanol–water partition coefficient (Wildman–Crippen LogP) is 2.31. The Kier molecular flexibility index (Phi) is 9.73. The minimum Gasteiger partial charge on any atom is -0.390 e. The molecule has 12 heteroatoms. The van der Waals surface area contributed by atoms with E-state index in [-0.39, 0.29) is 36.5 Å². The van der Waals surface area contributed by atoms with Crippen molar-refractivity contribution in [2.45, 2.75) is 44.9 Å². The van der Waals surface area contributed by atoms with Crippen molar-refractivity contribution >= 4 is 21.7 Å². The number of aromatic nitrogens is 1. The van der Waals surface area contributed by atoms with E-state index in [0.29, 0.717) is 6.54 Å². The molecule has 0 fully saturated rings. The van der Waals surface area contributed by atoms with Crippen LogP contribution in [0.1, 0.15) is 29.4 Å². The Labute approximate surface area is 214 Å². The van der Waals surface area contributed by atoms with Crippen LogP contribution in [0.15, 0.2) is 53.1 Å². The second-order valence-corrected chi connectivity index (χ2v) is 10.5. The van der Waals surface area contributed by atoms with Crippen LogP contribution in [0.5, 0.6) is 0 Å². The number of rotatable bonds is 13. The zero-order valence-corrected chi connectivity index (χ0v) is 21.3. The van der Waals surface area contributed by atoms with E-state index in [9.17, 15) is 27.1 Å². The number of benzene rings is 2. The summed E-state index contributed by atoms with van der Waals surface area (Å²) in [6.45, 7) is 2.64. The first kappa shape index (κ1) is 28.2. The molecule has 0 radical (unpaired) electrons. The molecule has 0 saturated heterocycles. The summed E-state index contributed by atoms with van der Waals surface area (Å²) in [7, 11) is -3.57. The van der Waals surface area contributed by atoms with E-state index >= 15 is 0 Å². The molecule has 2 atom stereocenters. The van der Waals surface area contributed by atoms with Gasteiger partial charge in [-0.1, -0.05) is 36.3 Å². The number of aliphatic hydroxyl groups excluding tert-OH is 1. The number of nitrogens with one attached hydrogen (secondary N) is 3. The van der Waals surface area contributed by atoms with Gasteiger partial charge in [-0.25, -0.2) is 17.2 Å². The van der Waals surface area contributed by atoms with Gasteiger partial charge in [-0.15, -0.1) is 0 Å². The third-order valence-electron chi connectivity index (χ3n) is 5.45. The topological polar surface area (TPSA) is 134 Å². The van der Waals surface area contributed by atoms with Crippen molar-refractivity contribution in [3.05, 3.63) is 82.6 Å². The van der Waals surface area contributed by atoms with Crippen molar-refractivity contribution in [1.29, 1.82) is 0 Å². The molecule has 2 aromatic carbocycles. The molecule has 3 rings (SSSR count). The highest BCUT2D eigenvalue weighted by atomic mass is 32.2. The number of amides is 1. The Morgan fingerprint density at radius 3 is 2.46 bits per heavy atom. The molecular weight excluding hydrogens is 506 g/mol. The molecule has 3 aromatic rings. The first-order valence-electron chi connectivity index (χ1n) is 11.6. The van der Waals surface area contributed by atoms with Crippen molar-refractivity contribution in [2.75, 3.05) is 17.5 Å². The minimum absolute atomic E-state index is 0.0358. The monoisotopic (exact) mass is 536 g/mol. The summed E-state index contributed by atoms with van der Waals surface area (Å²) < 4.78 is 57.2. The van der Waals surface area contributed by atoms with Crippen LogP contribution in [-0.4, -0.2) is 49.5 Å². The maximum Gasteiger partial charge on any atom is 0.231 e. The second kappa shape index (κ2) is 12.7. The molecule has 0 saturated carbocycles. The normalized spacial score (nSPS) is 13.2. The standard InChI is InChI=1S/C25H30F2N4O5S/c1-3-16-5-4-6-17(7-16)14-28-15-23(32)22(10-18-8-19(26)11-20(27)9-18)29-25(33)13-21-12-24(30-36-21)31-37(2,34)35/h4-9,11-12,22-23,28,32H,3,10,13-15H2,1-2H3,(H,29,33)(H,30,31)/t22-,23+/m0/s1. The molecule has 1 aromatic heterocycles. The summed E-state index contributed by atoms with van der Waals surface area (Å²) in [5.74, 6) is -2.08. The summed E-state index contributed by atoms with van der Waals surface area (Å²) in [4.78, 5) is 12.7. The molecule has 0 spiro atoms. The van der Waals surface area contributed by atoms with Gasteiger partial charge in [0, 0.05) is 25.2 Å². The van der Waals surface area contributed by atoms with E-state index in [1.165, 1.54) is 11.6 Å². The summed E-state index contributed by atoms with van der Waals surface area (Å²) in [6, 6.07) is 11.4. The smallest absolute Gasteiger partial charge is 0.231 e. The van der Waals surface area contributed by atoms with Gasteiger partial charge in [0.1, 0.15) is 17.4 Å². The fourth-order valence-electron chi connectivity index (χ4n) is 3.78. The number of aryl methyl sites for hydroxylation is 1. The third-order valence-corrected chi connectivity index (χ3v) is 6.03. The lowest BCUT2D eigenvalue weighted by Gasteiger charge is -2.25. The highest BCUT2D eigenvalue weighted by molar-refractivity contribution is 7.92. The molecule has 4 N–H and O–H groups in total. The maximum absolute atomic E-state index is 13.7. The number of halogens is 2. The average molecular weight is 537 g/mol. The number of nitrogens with zero attached hydrogens (tertiary/aromatic N) is 1. The van der Waals surface area contributed by atoms with Gasteiger partial charge >= 0.3 is 0 Å². The van der Waals surface area contributed by atoms with Gasteiger partial charge < -0.3 is 20.3 Å². The second-order valence-electron chi connectivity index (χ2n) is 8.76. The number of aliphatic hydroxyl groups is 1. The molecule has 1 amide bonds. The van der Waals surface area contributed by atoms with Crippen molar-refractivity contribution in [3.8, 4) is 0 Å². The minimum atomic E-state index is -3.57. The lowest BCUT2D eigenvalue weighted by molar-refractivity contribution is -0.122. The average Bonchev–Trinajstić information content (AvgIpc) is 3.22. The van der Waals surface area contributed by atoms with Crippen LogP contribution in [0, 0.1) is 11.6 Å². The molecule has 0 bridgehead atoms. The van der Waals surface area contributed by atoms with Gasteiger partial charge in [-0.3, -0.25) is 9.52 Å².